The molecular weight excluding hydrogens is 148 g/mol. The monoisotopic (exact) mass is 166 g/mol. The molecule has 1 atom stereocenters. The maximum atomic E-state index is 5.64. The zero-order chi connectivity index (χ0) is 9.30. The summed E-state index contributed by atoms with van der Waals surface area (Å²) in [5, 5.41) is 0. The molecule has 0 aliphatic carbocycles. The van der Waals surface area contributed by atoms with Crippen LogP contribution < -0.4 is 0 Å². The first-order valence-electron chi connectivity index (χ1n) is 4.59. The van der Waals surface area contributed by atoms with Gasteiger partial charge in [0.05, 0.1) is 0 Å². The van der Waals surface area contributed by atoms with Crippen molar-refractivity contribution in [2.24, 2.45) is 5.92 Å². The number of hydrogen-bond donors (Lipinski definition) is 0. The first-order valence-corrected chi connectivity index (χ1v) is 4.59. The van der Waals surface area contributed by atoms with Crippen LogP contribution in [0, 0.1) is 19.8 Å². The molecule has 0 aliphatic heterocycles. The van der Waals surface area contributed by atoms with E-state index in [0.717, 1.165) is 11.5 Å². The fourth-order valence-electron chi connectivity index (χ4n) is 1.15. The van der Waals surface area contributed by atoms with Crippen LogP contribution in [-0.4, -0.2) is 0 Å². The first-order chi connectivity index (χ1) is 5.52. The van der Waals surface area contributed by atoms with Gasteiger partial charge in [-0.15, -0.1) is 0 Å². The normalized spacial score (nSPS) is 13.8. The zero-order valence-electron chi connectivity index (χ0n) is 8.64. The predicted octanol–water partition coefficient (Wildman–Crippen LogP) is 3.66. The molecule has 1 heterocycles. The minimum absolute atomic E-state index is 0.525. The van der Waals surface area contributed by atoms with Crippen molar-refractivity contribution < 1.29 is 4.42 Å². The van der Waals surface area contributed by atoms with Crippen molar-refractivity contribution in [2.75, 3.05) is 0 Å². The molecule has 1 rings (SSSR count). The van der Waals surface area contributed by atoms with Gasteiger partial charge in [-0.25, -0.2) is 0 Å². The molecule has 0 bridgehead atoms. The van der Waals surface area contributed by atoms with Gasteiger partial charge in [-0.3, -0.25) is 0 Å². The van der Waals surface area contributed by atoms with Crippen LogP contribution in [0.2, 0.25) is 0 Å². The molecule has 0 N–H and O–H groups in total. The summed E-state index contributed by atoms with van der Waals surface area (Å²) >= 11 is 0. The minimum atomic E-state index is 0.525. The number of hydrogen-bond acceptors (Lipinski definition) is 1. The fourth-order valence-corrected chi connectivity index (χ4v) is 1.15. The van der Waals surface area contributed by atoms with Crippen LogP contribution in [0.25, 0.3) is 0 Å². The molecule has 0 amide bonds. The van der Waals surface area contributed by atoms with Crippen LogP contribution >= 0.6 is 0 Å². The molecular formula is C11H18O. The average molecular weight is 166 g/mol. The van der Waals surface area contributed by atoms with E-state index in [-0.39, 0.29) is 0 Å². The molecule has 0 aliphatic rings. The third-order valence-corrected chi connectivity index (χ3v) is 2.63. The summed E-state index contributed by atoms with van der Waals surface area (Å²) in [6.07, 6.45) is 0. The smallest absolute Gasteiger partial charge is 0.107 e. The van der Waals surface area contributed by atoms with E-state index in [1.54, 1.807) is 0 Å². The lowest BCUT2D eigenvalue weighted by molar-refractivity contribution is 0.402. The second-order valence-electron chi connectivity index (χ2n) is 3.92. The highest BCUT2D eigenvalue weighted by molar-refractivity contribution is 5.20. The Morgan fingerprint density at radius 1 is 1.17 bits per heavy atom. The lowest BCUT2D eigenvalue weighted by atomic mass is 9.95. The van der Waals surface area contributed by atoms with Gasteiger partial charge in [-0.1, -0.05) is 20.8 Å². The zero-order valence-corrected chi connectivity index (χ0v) is 8.64. The SMILES string of the molecule is Cc1cc([C@H](C)C(C)C)oc1C. The minimum Gasteiger partial charge on any atom is -0.466 e. The second kappa shape index (κ2) is 3.34. The van der Waals surface area contributed by atoms with E-state index in [1.807, 2.05) is 6.92 Å². The van der Waals surface area contributed by atoms with Crippen molar-refractivity contribution in [2.45, 2.75) is 40.5 Å². The highest BCUT2D eigenvalue weighted by Crippen LogP contribution is 2.27. The van der Waals surface area contributed by atoms with Crippen LogP contribution in [0.3, 0.4) is 0 Å². The molecule has 0 saturated carbocycles. The molecule has 0 fully saturated rings. The van der Waals surface area contributed by atoms with Crippen LogP contribution in [0.1, 0.15) is 43.8 Å². The molecule has 1 aromatic rings. The summed E-state index contributed by atoms with van der Waals surface area (Å²) in [7, 11) is 0. The largest absolute Gasteiger partial charge is 0.466 e. The Labute approximate surface area is 74.8 Å². The van der Waals surface area contributed by atoms with Gasteiger partial charge in [-0.05, 0) is 31.4 Å². The molecule has 0 saturated heterocycles. The van der Waals surface area contributed by atoms with E-state index in [4.69, 9.17) is 4.42 Å². The highest BCUT2D eigenvalue weighted by atomic mass is 16.3. The van der Waals surface area contributed by atoms with Crippen molar-refractivity contribution in [3.05, 3.63) is 23.2 Å². The molecule has 12 heavy (non-hydrogen) atoms. The Kier molecular flexibility index (Phi) is 2.61. The highest BCUT2D eigenvalue weighted by Gasteiger charge is 2.14. The predicted molar refractivity (Wildman–Crippen MR) is 51.4 cm³/mol. The summed E-state index contributed by atoms with van der Waals surface area (Å²) in [4.78, 5) is 0. The summed E-state index contributed by atoms with van der Waals surface area (Å²) in [5.74, 6) is 3.35. The standard InChI is InChI=1S/C11H18O/c1-7(2)9(4)11-6-8(3)10(5)12-11/h6-7,9H,1-5H3/t9-/m1/s1. The van der Waals surface area contributed by atoms with Gasteiger partial charge in [0.15, 0.2) is 0 Å². The third kappa shape index (κ3) is 1.71. The Hall–Kier alpha value is -0.720. The van der Waals surface area contributed by atoms with E-state index < -0.39 is 0 Å². The average Bonchev–Trinajstić information content (AvgIpc) is 2.30. The first kappa shape index (κ1) is 9.37. The summed E-state index contributed by atoms with van der Waals surface area (Å²) in [6.45, 7) is 10.8. The topological polar surface area (TPSA) is 13.1 Å². The summed E-state index contributed by atoms with van der Waals surface area (Å²) in [6, 6.07) is 2.15. The molecule has 0 radical (unpaired) electrons. The van der Waals surface area contributed by atoms with Crippen LogP contribution in [0.4, 0.5) is 0 Å². The summed E-state index contributed by atoms with van der Waals surface area (Å²) < 4.78 is 5.64. The number of aryl methyl sites for hydroxylation is 2. The fraction of sp³-hybridized carbons (Fsp3) is 0.636. The lowest BCUT2D eigenvalue weighted by Crippen LogP contribution is -1.99. The van der Waals surface area contributed by atoms with Crippen molar-refractivity contribution in [1.82, 2.24) is 0 Å². The molecule has 0 aromatic carbocycles. The van der Waals surface area contributed by atoms with Gasteiger partial charge >= 0.3 is 0 Å². The Morgan fingerprint density at radius 2 is 1.75 bits per heavy atom. The molecule has 0 unspecified atom stereocenters. The van der Waals surface area contributed by atoms with Crippen molar-refractivity contribution >= 4 is 0 Å². The number of furan rings is 1. The van der Waals surface area contributed by atoms with E-state index in [9.17, 15) is 0 Å². The van der Waals surface area contributed by atoms with Gasteiger partial charge in [0.25, 0.3) is 0 Å². The van der Waals surface area contributed by atoms with Crippen LogP contribution in [0.5, 0.6) is 0 Å². The molecule has 68 valence electrons. The van der Waals surface area contributed by atoms with Gasteiger partial charge in [0.1, 0.15) is 11.5 Å². The van der Waals surface area contributed by atoms with Gasteiger partial charge in [0.2, 0.25) is 0 Å². The van der Waals surface area contributed by atoms with E-state index >= 15 is 0 Å². The van der Waals surface area contributed by atoms with Crippen LogP contribution in [0.15, 0.2) is 10.5 Å². The summed E-state index contributed by atoms with van der Waals surface area (Å²) in [5.41, 5.74) is 1.26. The van der Waals surface area contributed by atoms with Gasteiger partial charge < -0.3 is 4.42 Å². The Bertz CT molecular complexity index is 238. The van der Waals surface area contributed by atoms with Gasteiger partial charge in [0, 0.05) is 5.92 Å². The maximum absolute atomic E-state index is 5.64. The van der Waals surface area contributed by atoms with Gasteiger partial charge in [-0.2, -0.15) is 0 Å². The van der Waals surface area contributed by atoms with E-state index in [2.05, 4.69) is 33.8 Å². The quantitative estimate of drug-likeness (QED) is 0.653. The van der Waals surface area contributed by atoms with Crippen molar-refractivity contribution in [3.63, 3.8) is 0 Å². The molecule has 0 spiro atoms. The molecule has 1 heteroatoms. The van der Waals surface area contributed by atoms with Crippen LogP contribution in [-0.2, 0) is 0 Å². The van der Waals surface area contributed by atoms with Crippen molar-refractivity contribution in [3.8, 4) is 0 Å². The Balaban J connectivity index is 2.89. The maximum Gasteiger partial charge on any atom is 0.107 e. The third-order valence-electron chi connectivity index (χ3n) is 2.63. The lowest BCUT2D eigenvalue weighted by Gasteiger charge is -2.11. The molecule has 1 nitrogen and oxygen atoms in total. The van der Waals surface area contributed by atoms with Crippen molar-refractivity contribution in [1.29, 1.82) is 0 Å². The van der Waals surface area contributed by atoms with E-state index in [1.165, 1.54) is 5.56 Å². The second-order valence-corrected chi connectivity index (χ2v) is 3.92. The Morgan fingerprint density at radius 3 is 2.08 bits per heavy atom. The molecule has 1 aromatic heterocycles. The number of rotatable bonds is 2. The van der Waals surface area contributed by atoms with E-state index in [0.29, 0.717) is 11.8 Å².